The van der Waals surface area contributed by atoms with Crippen LogP contribution in [0.1, 0.15) is 43.0 Å². The summed E-state index contributed by atoms with van der Waals surface area (Å²) in [7, 11) is 4.12. The molecule has 0 radical (unpaired) electrons. The summed E-state index contributed by atoms with van der Waals surface area (Å²) in [6.45, 7) is 4.61. The van der Waals surface area contributed by atoms with Crippen molar-refractivity contribution in [2.24, 2.45) is 11.8 Å². The number of likely N-dealkylation sites (tertiary alicyclic amines) is 1. The number of hydrogen-bond acceptors (Lipinski definition) is 5. The van der Waals surface area contributed by atoms with Gasteiger partial charge in [0.05, 0.1) is 6.61 Å². The predicted molar refractivity (Wildman–Crippen MR) is 110 cm³/mol. The van der Waals surface area contributed by atoms with Crippen molar-refractivity contribution in [3.05, 3.63) is 23.9 Å². The molecule has 3 aliphatic rings. The Kier molecular flexibility index (Phi) is 5.76. The van der Waals surface area contributed by atoms with Crippen LogP contribution >= 0.6 is 0 Å². The summed E-state index contributed by atoms with van der Waals surface area (Å²) in [5, 5.41) is 0. The largest absolute Gasteiger partial charge is 0.477 e. The number of piperidine rings is 3. The molecule has 3 fully saturated rings. The van der Waals surface area contributed by atoms with Gasteiger partial charge in [0.15, 0.2) is 0 Å². The fourth-order valence-electron chi connectivity index (χ4n) is 5.53. The molecular formula is C22H32N4O3. The number of pyridine rings is 1. The number of amides is 2. The van der Waals surface area contributed by atoms with Crippen LogP contribution in [-0.4, -0.2) is 83.9 Å². The van der Waals surface area contributed by atoms with Gasteiger partial charge in [-0.05, 0) is 64.3 Å². The molecule has 158 valence electrons. The van der Waals surface area contributed by atoms with Crippen LogP contribution in [0, 0.1) is 11.8 Å². The summed E-state index contributed by atoms with van der Waals surface area (Å²) in [6.07, 6.45) is 5.43. The third-order valence-corrected chi connectivity index (χ3v) is 6.62. The molecule has 7 heteroatoms. The summed E-state index contributed by atoms with van der Waals surface area (Å²) in [5.74, 6) is 1.37. The molecule has 1 aromatic heterocycles. The highest BCUT2D eigenvalue weighted by Gasteiger charge is 2.50. The van der Waals surface area contributed by atoms with Crippen LogP contribution < -0.4 is 4.74 Å². The molecule has 4 atom stereocenters. The van der Waals surface area contributed by atoms with E-state index in [0.717, 1.165) is 25.8 Å². The Morgan fingerprint density at radius 2 is 2.10 bits per heavy atom. The fourth-order valence-corrected chi connectivity index (χ4v) is 5.53. The molecule has 3 aliphatic heterocycles. The van der Waals surface area contributed by atoms with E-state index >= 15 is 0 Å². The van der Waals surface area contributed by atoms with E-state index < -0.39 is 0 Å². The number of likely N-dealkylation sites (N-methyl/N-ethyl adjacent to an activating group) is 1. The lowest BCUT2D eigenvalue weighted by molar-refractivity contribution is -0.152. The molecule has 0 saturated carbocycles. The second kappa shape index (κ2) is 8.30. The SMILES string of the molecule is CCOc1ncccc1C(=O)N1C[C@H]2C[C@@H](C1)[C@H](CN(C)C)N1C(=O)CCC[C@@H]21. The second-order valence-electron chi connectivity index (χ2n) is 8.85. The lowest BCUT2D eigenvalue weighted by Gasteiger charge is -2.57. The number of hydrogen-bond donors (Lipinski definition) is 0. The zero-order valence-corrected chi connectivity index (χ0v) is 17.7. The maximum Gasteiger partial charge on any atom is 0.259 e. The average molecular weight is 401 g/mol. The predicted octanol–water partition coefficient (Wildman–Crippen LogP) is 1.88. The van der Waals surface area contributed by atoms with Crippen molar-refractivity contribution >= 4 is 11.8 Å². The summed E-state index contributed by atoms with van der Waals surface area (Å²) >= 11 is 0. The van der Waals surface area contributed by atoms with E-state index in [4.69, 9.17) is 4.74 Å². The van der Waals surface area contributed by atoms with E-state index in [2.05, 4.69) is 28.9 Å². The van der Waals surface area contributed by atoms with Gasteiger partial charge in [-0.3, -0.25) is 9.59 Å². The summed E-state index contributed by atoms with van der Waals surface area (Å²) in [6, 6.07) is 4.03. The Balaban J connectivity index is 1.60. The minimum atomic E-state index is -0.00422. The third-order valence-electron chi connectivity index (χ3n) is 6.62. The fraction of sp³-hybridized carbons (Fsp3) is 0.682. The van der Waals surface area contributed by atoms with Crippen LogP contribution in [0.3, 0.4) is 0 Å². The standard InChI is InChI=1S/C22H32N4O3/c1-4-29-21-17(7-6-10-23-21)22(28)25-12-15-11-16(13-25)19(14-24(2)3)26-18(15)8-5-9-20(26)27/h6-7,10,15-16,18-19H,4-5,8-9,11-14H2,1-3H3/t15-,16+,18+,19+/m1/s1. The molecule has 1 aromatic rings. The molecule has 0 aromatic carbocycles. The molecule has 3 saturated heterocycles. The van der Waals surface area contributed by atoms with Gasteiger partial charge in [0, 0.05) is 44.3 Å². The van der Waals surface area contributed by atoms with Gasteiger partial charge in [-0.15, -0.1) is 0 Å². The van der Waals surface area contributed by atoms with Crippen LogP contribution in [0.5, 0.6) is 5.88 Å². The Hall–Kier alpha value is -2.15. The zero-order valence-electron chi connectivity index (χ0n) is 17.7. The van der Waals surface area contributed by atoms with Crippen molar-refractivity contribution in [3.8, 4) is 5.88 Å². The molecule has 2 bridgehead atoms. The molecule has 0 spiro atoms. The van der Waals surface area contributed by atoms with Crippen LogP contribution in [-0.2, 0) is 4.79 Å². The van der Waals surface area contributed by atoms with Crippen molar-refractivity contribution < 1.29 is 14.3 Å². The van der Waals surface area contributed by atoms with Gasteiger partial charge in [-0.25, -0.2) is 4.98 Å². The smallest absolute Gasteiger partial charge is 0.259 e. The van der Waals surface area contributed by atoms with Gasteiger partial charge in [-0.1, -0.05) is 0 Å². The van der Waals surface area contributed by atoms with Gasteiger partial charge < -0.3 is 19.4 Å². The van der Waals surface area contributed by atoms with E-state index in [9.17, 15) is 9.59 Å². The van der Waals surface area contributed by atoms with Crippen molar-refractivity contribution in [3.63, 3.8) is 0 Å². The van der Waals surface area contributed by atoms with Gasteiger partial charge in [0.2, 0.25) is 11.8 Å². The summed E-state index contributed by atoms with van der Waals surface area (Å²) < 4.78 is 5.60. The Morgan fingerprint density at radius 3 is 2.86 bits per heavy atom. The molecule has 2 amide bonds. The van der Waals surface area contributed by atoms with Gasteiger partial charge in [-0.2, -0.15) is 0 Å². The topological polar surface area (TPSA) is 66.0 Å². The van der Waals surface area contributed by atoms with Crippen LogP contribution in [0.15, 0.2) is 18.3 Å². The van der Waals surface area contributed by atoms with Crippen LogP contribution in [0.4, 0.5) is 0 Å². The minimum Gasteiger partial charge on any atom is -0.477 e. The average Bonchev–Trinajstić information content (AvgIpc) is 2.71. The normalized spacial score (nSPS) is 29.0. The third kappa shape index (κ3) is 3.84. The van der Waals surface area contributed by atoms with Crippen molar-refractivity contribution in [1.29, 1.82) is 0 Å². The Labute approximate surface area is 173 Å². The first-order valence-corrected chi connectivity index (χ1v) is 10.8. The minimum absolute atomic E-state index is 0.00422. The highest BCUT2D eigenvalue weighted by molar-refractivity contribution is 5.96. The monoisotopic (exact) mass is 400 g/mol. The van der Waals surface area contributed by atoms with E-state index in [0.29, 0.717) is 55.3 Å². The number of carbonyl (C=O) groups is 2. The molecule has 4 rings (SSSR count). The van der Waals surface area contributed by atoms with E-state index in [1.165, 1.54) is 0 Å². The number of nitrogens with zero attached hydrogens (tertiary/aromatic N) is 4. The first-order chi connectivity index (χ1) is 14.0. The Bertz CT molecular complexity index is 768. The van der Waals surface area contributed by atoms with Crippen LogP contribution in [0.25, 0.3) is 0 Å². The van der Waals surface area contributed by atoms with E-state index in [-0.39, 0.29) is 18.0 Å². The molecule has 29 heavy (non-hydrogen) atoms. The highest BCUT2D eigenvalue weighted by Crippen LogP contribution is 2.42. The zero-order chi connectivity index (χ0) is 20.5. The number of rotatable bonds is 5. The maximum absolute atomic E-state index is 13.4. The van der Waals surface area contributed by atoms with Crippen molar-refractivity contribution in [1.82, 2.24) is 19.7 Å². The van der Waals surface area contributed by atoms with E-state index in [1.54, 1.807) is 18.3 Å². The van der Waals surface area contributed by atoms with Crippen molar-refractivity contribution in [2.75, 3.05) is 40.3 Å². The molecule has 7 nitrogen and oxygen atoms in total. The molecule has 0 aliphatic carbocycles. The molecule has 4 heterocycles. The first kappa shape index (κ1) is 20.1. The number of fused-ring (bicyclic) bond motifs is 4. The number of carbonyl (C=O) groups excluding carboxylic acids is 2. The number of ether oxygens (including phenoxy) is 1. The van der Waals surface area contributed by atoms with Gasteiger partial charge in [0.25, 0.3) is 5.91 Å². The van der Waals surface area contributed by atoms with Crippen molar-refractivity contribution in [2.45, 2.75) is 44.7 Å². The van der Waals surface area contributed by atoms with E-state index in [1.807, 2.05) is 11.8 Å². The highest BCUT2D eigenvalue weighted by atomic mass is 16.5. The number of aromatic nitrogens is 1. The molecule has 0 N–H and O–H groups in total. The molecule has 0 unspecified atom stereocenters. The summed E-state index contributed by atoms with van der Waals surface area (Å²) in [5.41, 5.74) is 0.537. The van der Waals surface area contributed by atoms with Crippen LogP contribution in [0.2, 0.25) is 0 Å². The lowest BCUT2D eigenvalue weighted by Crippen LogP contribution is -2.67. The quantitative estimate of drug-likeness (QED) is 0.755. The van der Waals surface area contributed by atoms with Gasteiger partial charge in [0.1, 0.15) is 5.56 Å². The Morgan fingerprint density at radius 1 is 1.31 bits per heavy atom. The maximum atomic E-state index is 13.4. The first-order valence-electron chi connectivity index (χ1n) is 10.8. The van der Waals surface area contributed by atoms with Gasteiger partial charge >= 0.3 is 0 Å². The second-order valence-corrected chi connectivity index (χ2v) is 8.85. The lowest BCUT2D eigenvalue weighted by atomic mass is 9.72. The molecular weight excluding hydrogens is 368 g/mol. The summed E-state index contributed by atoms with van der Waals surface area (Å²) in [4.78, 5) is 36.8.